The summed E-state index contributed by atoms with van der Waals surface area (Å²) in [4.78, 5) is 5.18. The lowest BCUT2D eigenvalue weighted by molar-refractivity contribution is -0.0369. The first kappa shape index (κ1) is 14.3. The monoisotopic (exact) mass is 253 g/mol. The molecule has 0 bridgehead atoms. The van der Waals surface area contributed by atoms with Crippen LogP contribution in [0.1, 0.15) is 40.0 Å². The standard InChI is InChI=1S/C15H31N3/c1-12-5-6-15(11-16,9-13(12)2)18-8-7-17(4)10-14(18)3/h12-14H,5-11,16H2,1-4H3. The third-order valence-corrected chi connectivity index (χ3v) is 5.56. The average Bonchev–Trinajstić information content (AvgIpc) is 2.33. The second kappa shape index (κ2) is 5.48. The van der Waals surface area contributed by atoms with Gasteiger partial charge in [-0.05, 0) is 45.1 Å². The van der Waals surface area contributed by atoms with Crippen LogP contribution in [0, 0.1) is 11.8 Å². The van der Waals surface area contributed by atoms with E-state index in [-0.39, 0.29) is 5.54 Å². The Morgan fingerprint density at radius 3 is 2.44 bits per heavy atom. The molecule has 4 unspecified atom stereocenters. The van der Waals surface area contributed by atoms with Gasteiger partial charge < -0.3 is 10.6 Å². The molecule has 106 valence electrons. The molecule has 2 fully saturated rings. The molecule has 3 nitrogen and oxygen atoms in total. The van der Waals surface area contributed by atoms with E-state index in [2.05, 4.69) is 37.6 Å². The molecule has 0 spiro atoms. The summed E-state index contributed by atoms with van der Waals surface area (Å²) in [7, 11) is 2.23. The van der Waals surface area contributed by atoms with Crippen LogP contribution in [0.15, 0.2) is 0 Å². The van der Waals surface area contributed by atoms with Gasteiger partial charge in [-0.15, -0.1) is 0 Å². The van der Waals surface area contributed by atoms with Crippen molar-refractivity contribution in [3.05, 3.63) is 0 Å². The van der Waals surface area contributed by atoms with Gasteiger partial charge in [0.15, 0.2) is 0 Å². The van der Waals surface area contributed by atoms with Crippen LogP contribution in [0.5, 0.6) is 0 Å². The van der Waals surface area contributed by atoms with Crippen LogP contribution >= 0.6 is 0 Å². The van der Waals surface area contributed by atoms with Crippen molar-refractivity contribution >= 4 is 0 Å². The molecule has 0 amide bonds. The van der Waals surface area contributed by atoms with Gasteiger partial charge in [0, 0.05) is 37.8 Å². The molecule has 2 aliphatic rings. The van der Waals surface area contributed by atoms with Gasteiger partial charge in [-0.25, -0.2) is 0 Å². The highest BCUT2D eigenvalue weighted by Gasteiger charge is 2.44. The summed E-state index contributed by atoms with van der Waals surface area (Å²) in [5, 5.41) is 0. The van der Waals surface area contributed by atoms with Crippen molar-refractivity contribution in [3.8, 4) is 0 Å². The Kier molecular flexibility index (Phi) is 4.35. The number of piperazine rings is 1. The van der Waals surface area contributed by atoms with Crippen LogP contribution < -0.4 is 5.73 Å². The lowest BCUT2D eigenvalue weighted by Crippen LogP contribution is -2.65. The molecule has 0 radical (unpaired) electrons. The second-order valence-corrected chi connectivity index (χ2v) is 6.93. The smallest absolute Gasteiger partial charge is 0.0338 e. The maximum Gasteiger partial charge on any atom is 0.0338 e. The maximum atomic E-state index is 6.22. The first-order chi connectivity index (χ1) is 8.48. The predicted molar refractivity (Wildman–Crippen MR) is 77.6 cm³/mol. The molecule has 2 N–H and O–H groups in total. The number of likely N-dealkylation sites (N-methyl/N-ethyl adjacent to an activating group) is 1. The third-order valence-electron chi connectivity index (χ3n) is 5.56. The first-order valence-corrected chi connectivity index (χ1v) is 7.64. The van der Waals surface area contributed by atoms with Crippen molar-refractivity contribution in [1.29, 1.82) is 0 Å². The van der Waals surface area contributed by atoms with E-state index < -0.39 is 0 Å². The van der Waals surface area contributed by atoms with Crippen LogP contribution in [0.3, 0.4) is 0 Å². The average molecular weight is 253 g/mol. The number of hydrogen-bond acceptors (Lipinski definition) is 3. The van der Waals surface area contributed by atoms with E-state index >= 15 is 0 Å². The fourth-order valence-corrected chi connectivity index (χ4v) is 4.09. The number of rotatable bonds is 2. The van der Waals surface area contributed by atoms with Crippen molar-refractivity contribution < 1.29 is 0 Å². The predicted octanol–water partition coefficient (Wildman–Crippen LogP) is 1.78. The highest BCUT2D eigenvalue weighted by molar-refractivity contribution is 5.00. The van der Waals surface area contributed by atoms with Crippen LogP contribution in [-0.4, -0.2) is 54.6 Å². The molecular formula is C15H31N3. The van der Waals surface area contributed by atoms with Crippen LogP contribution in [0.2, 0.25) is 0 Å². The maximum absolute atomic E-state index is 6.22. The Balaban J connectivity index is 2.12. The summed E-state index contributed by atoms with van der Waals surface area (Å²) >= 11 is 0. The van der Waals surface area contributed by atoms with Crippen molar-refractivity contribution in [2.75, 3.05) is 33.2 Å². The van der Waals surface area contributed by atoms with E-state index in [4.69, 9.17) is 5.73 Å². The molecule has 0 aromatic carbocycles. The van der Waals surface area contributed by atoms with E-state index in [1.165, 1.54) is 38.9 Å². The topological polar surface area (TPSA) is 32.5 Å². The molecule has 18 heavy (non-hydrogen) atoms. The van der Waals surface area contributed by atoms with Gasteiger partial charge >= 0.3 is 0 Å². The van der Waals surface area contributed by atoms with Crippen molar-refractivity contribution in [1.82, 2.24) is 9.80 Å². The zero-order valence-electron chi connectivity index (χ0n) is 12.7. The molecule has 3 heteroatoms. The van der Waals surface area contributed by atoms with Crippen LogP contribution in [-0.2, 0) is 0 Å². The van der Waals surface area contributed by atoms with Gasteiger partial charge in [0.05, 0.1) is 0 Å². The summed E-state index contributed by atoms with van der Waals surface area (Å²) in [6.07, 6.45) is 3.93. The Bertz CT molecular complexity index is 281. The van der Waals surface area contributed by atoms with Gasteiger partial charge in [-0.2, -0.15) is 0 Å². The molecule has 1 saturated heterocycles. The Morgan fingerprint density at radius 2 is 1.89 bits per heavy atom. The highest BCUT2D eigenvalue weighted by Crippen LogP contribution is 2.40. The van der Waals surface area contributed by atoms with Crippen LogP contribution in [0.4, 0.5) is 0 Å². The largest absolute Gasteiger partial charge is 0.329 e. The Morgan fingerprint density at radius 1 is 1.17 bits per heavy atom. The third kappa shape index (κ3) is 2.59. The summed E-state index contributed by atoms with van der Waals surface area (Å²) in [6, 6.07) is 0.646. The van der Waals surface area contributed by atoms with E-state index in [1.54, 1.807) is 0 Å². The fourth-order valence-electron chi connectivity index (χ4n) is 4.09. The van der Waals surface area contributed by atoms with Gasteiger partial charge in [0.1, 0.15) is 0 Å². The summed E-state index contributed by atoms with van der Waals surface area (Å²) in [6.45, 7) is 11.6. The number of hydrogen-bond donors (Lipinski definition) is 1. The molecular weight excluding hydrogens is 222 g/mol. The fraction of sp³-hybridized carbons (Fsp3) is 1.00. The summed E-state index contributed by atoms with van der Waals surface area (Å²) in [5.41, 5.74) is 6.50. The van der Waals surface area contributed by atoms with Crippen molar-refractivity contribution in [2.24, 2.45) is 17.6 Å². The quantitative estimate of drug-likeness (QED) is 0.814. The van der Waals surface area contributed by atoms with Gasteiger partial charge in [-0.3, -0.25) is 4.90 Å². The van der Waals surface area contributed by atoms with E-state index in [0.29, 0.717) is 6.04 Å². The van der Waals surface area contributed by atoms with E-state index in [9.17, 15) is 0 Å². The van der Waals surface area contributed by atoms with E-state index in [1.807, 2.05) is 0 Å². The minimum atomic E-state index is 0.284. The lowest BCUT2D eigenvalue weighted by Gasteiger charge is -2.54. The zero-order chi connectivity index (χ0) is 13.3. The van der Waals surface area contributed by atoms with Crippen molar-refractivity contribution in [3.63, 3.8) is 0 Å². The Labute approximate surface area is 113 Å². The summed E-state index contributed by atoms with van der Waals surface area (Å²) < 4.78 is 0. The van der Waals surface area contributed by atoms with Gasteiger partial charge in [0.25, 0.3) is 0 Å². The molecule has 1 heterocycles. The first-order valence-electron chi connectivity index (χ1n) is 7.64. The van der Waals surface area contributed by atoms with Crippen molar-refractivity contribution in [2.45, 2.75) is 51.6 Å². The van der Waals surface area contributed by atoms with Gasteiger partial charge in [0.2, 0.25) is 0 Å². The molecule has 4 atom stereocenters. The Hall–Kier alpha value is -0.120. The van der Waals surface area contributed by atoms with Gasteiger partial charge in [-0.1, -0.05) is 13.8 Å². The molecule has 1 aliphatic carbocycles. The molecule has 1 aliphatic heterocycles. The lowest BCUT2D eigenvalue weighted by atomic mass is 9.70. The SMILES string of the molecule is CC1CCC(CN)(N2CCN(C)CC2C)CC1C. The second-order valence-electron chi connectivity index (χ2n) is 6.93. The molecule has 0 aromatic rings. The summed E-state index contributed by atoms with van der Waals surface area (Å²) in [5.74, 6) is 1.68. The zero-order valence-corrected chi connectivity index (χ0v) is 12.7. The minimum absolute atomic E-state index is 0.284. The molecule has 0 aromatic heterocycles. The number of nitrogens with two attached hydrogens (primary N) is 1. The molecule has 1 saturated carbocycles. The van der Waals surface area contributed by atoms with Crippen LogP contribution in [0.25, 0.3) is 0 Å². The number of nitrogens with zero attached hydrogens (tertiary/aromatic N) is 2. The van der Waals surface area contributed by atoms with E-state index in [0.717, 1.165) is 18.4 Å². The minimum Gasteiger partial charge on any atom is -0.329 e. The molecule has 2 rings (SSSR count). The normalized spacial score (nSPS) is 44.2. The highest BCUT2D eigenvalue weighted by atomic mass is 15.3.